The maximum absolute atomic E-state index is 5.88. The molecule has 0 radical (unpaired) electrons. The number of ether oxygens (including phenoxy) is 1. The van der Waals surface area contributed by atoms with Crippen LogP contribution in [0, 0.1) is 0 Å². The number of pyridine rings is 1. The highest BCUT2D eigenvalue weighted by atomic mass is 16.5. The van der Waals surface area contributed by atoms with Gasteiger partial charge in [-0.1, -0.05) is 12.1 Å². The van der Waals surface area contributed by atoms with Gasteiger partial charge in [-0.15, -0.1) is 0 Å². The maximum Gasteiger partial charge on any atom is 0.119 e. The molecule has 2 N–H and O–H groups in total. The zero-order valence-corrected chi connectivity index (χ0v) is 9.89. The zero-order valence-electron chi connectivity index (χ0n) is 9.89. The van der Waals surface area contributed by atoms with E-state index in [9.17, 15) is 0 Å². The number of aromatic nitrogens is 1. The van der Waals surface area contributed by atoms with Gasteiger partial charge in [-0.3, -0.25) is 4.98 Å². The summed E-state index contributed by atoms with van der Waals surface area (Å²) in [4.78, 5) is 4.08. The quantitative estimate of drug-likeness (QED) is 0.875. The second kappa shape index (κ2) is 5.34. The molecule has 0 aliphatic carbocycles. The molecular formula is C14H16N2O. The molecule has 3 nitrogen and oxygen atoms in total. The first-order chi connectivity index (χ1) is 8.29. The minimum absolute atomic E-state index is 0.689. The van der Waals surface area contributed by atoms with Crippen LogP contribution < -0.4 is 10.5 Å². The largest absolute Gasteiger partial charge is 0.494 e. The number of nitrogens with zero attached hydrogens (tertiary/aromatic N) is 1. The van der Waals surface area contributed by atoms with Crippen LogP contribution in [0.15, 0.2) is 42.7 Å². The van der Waals surface area contributed by atoms with Crippen molar-refractivity contribution in [1.82, 2.24) is 4.98 Å². The van der Waals surface area contributed by atoms with Gasteiger partial charge in [0.15, 0.2) is 0 Å². The fraction of sp³-hybridized carbons (Fsp3) is 0.214. The van der Waals surface area contributed by atoms with Gasteiger partial charge in [-0.25, -0.2) is 0 Å². The lowest BCUT2D eigenvalue weighted by Gasteiger charge is -2.06. The molecule has 0 saturated carbocycles. The minimum Gasteiger partial charge on any atom is -0.494 e. The van der Waals surface area contributed by atoms with Crippen LogP contribution in [0.25, 0.3) is 0 Å². The van der Waals surface area contributed by atoms with Crippen LogP contribution in [-0.4, -0.2) is 11.6 Å². The average Bonchev–Trinajstić information content (AvgIpc) is 2.35. The van der Waals surface area contributed by atoms with Gasteiger partial charge in [0.2, 0.25) is 0 Å². The van der Waals surface area contributed by atoms with Crippen LogP contribution in [0.4, 0.5) is 5.69 Å². The summed E-state index contributed by atoms with van der Waals surface area (Å²) < 4.78 is 5.40. The Morgan fingerprint density at radius 1 is 1.18 bits per heavy atom. The third kappa shape index (κ3) is 2.97. The summed E-state index contributed by atoms with van der Waals surface area (Å²) in [5, 5.41) is 0. The topological polar surface area (TPSA) is 48.1 Å². The summed E-state index contributed by atoms with van der Waals surface area (Å²) in [6.45, 7) is 2.67. The van der Waals surface area contributed by atoms with E-state index in [1.54, 1.807) is 6.20 Å². The Balaban J connectivity index is 2.11. The van der Waals surface area contributed by atoms with E-state index < -0.39 is 0 Å². The van der Waals surface area contributed by atoms with Gasteiger partial charge < -0.3 is 10.5 Å². The van der Waals surface area contributed by atoms with E-state index in [1.807, 2.05) is 31.3 Å². The van der Waals surface area contributed by atoms with E-state index >= 15 is 0 Å². The summed E-state index contributed by atoms with van der Waals surface area (Å²) in [7, 11) is 0. The molecule has 0 unspecified atom stereocenters. The predicted molar refractivity (Wildman–Crippen MR) is 69.1 cm³/mol. The fourth-order valence-electron chi connectivity index (χ4n) is 1.68. The van der Waals surface area contributed by atoms with Gasteiger partial charge >= 0.3 is 0 Å². The van der Waals surface area contributed by atoms with E-state index in [0.29, 0.717) is 6.61 Å². The van der Waals surface area contributed by atoms with Crippen LogP contribution in [-0.2, 0) is 6.42 Å². The fourth-order valence-corrected chi connectivity index (χ4v) is 1.68. The van der Waals surface area contributed by atoms with E-state index in [2.05, 4.69) is 17.1 Å². The van der Waals surface area contributed by atoms with Crippen molar-refractivity contribution in [2.45, 2.75) is 13.3 Å². The van der Waals surface area contributed by atoms with Crippen LogP contribution in [0.1, 0.15) is 18.1 Å². The summed E-state index contributed by atoms with van der Waals surface area (Å²) in [5.41, 5.74) is 8.92. The third-order valence-corrected chi connectivity index (χ3v) is 2.57. The molecule has 1 heterocycles. The molecule has 0 amide bonds. The summed E-state index contributed by atoms with van der Waals surface area (Å²) in [6.07, 6.45) is 4.31. The highest BCUT2D eigenvalue weighted by Gasteiger charge is 2.01. The molecule has 3 heteroatoms. The molecule has 0 saturated heterocycles. The third-order valence-electron chi connectivity index (χ3n) is 2.57. The lowest BCUT2D eigenvalue weighted by Crippen LogP contribution is -1.97. The van der Waals surface area contributed by atoms with Crippen LogP contribution in [0.3, 0.4) is 0 Å². The Morgan fingerprint density at radius 3 is 2.59 bits per heavy atom. The predicted octanol–water partition coefficient (Wildman–Crippen LogP) is 2.65. The smallest absolute Gasteiger partial charge is 0.119 e. The second-order valence-electron chi connectivity index (χ2n) is 3.83. The van der Waals surface area contributed by atoms with Crippen molar-refractivity contribution < 1.29 is 4.74 Å². The zero-order chi connectivity index (χ0) is 12.1. The molecular weight excluding hydrogens is 212 g/mol. The Bertz CT molecular complexity index is 480. The van der Waals surface area contributed by atoms with Crippen LogP contribution in [0.5, 0.6) is 5.75 Å². The Labute approximate surface area is 101 Å². The van der Waals surface area contributed by atoms with Gasteiger partial charge in [-0.05, 0) is 36.2 Å². The molecule has 0 atom stereocenters. The first-order valence-corrected chi connectivity index (χ1v) is 5.69. The molecule has 0 aliphatic heterocycles. The van der Waals surface area contributed by atoms with Crippen LogP contribution in [0.2, 0.25) is 0 Å². The van der Waals surface area contributed by atoms with Gasteiger partial charge in [0, 0.05) is 24.5 Å². The Morgan fingerprint density at radius 2 is 1.94 bits per heavy atom. The molecule has 0 fully saturated rings. The highest BCUT2D eigenvalue weighted by Crippen LogP contribution is 2.17. The van der Waals surface area contributed by atoms with Crippen LogP contribution >= 0.6 is 0 Å². The molecule has 2 rings (SSSR count). The number of hydrogen-bond donors (Lipinski definition) is 1. The molecule has 88 valence electrons. The molecule has 0 bridgehead atoms. The van der Waals surface area contributed by atoms with Crippen molar-refractivity contribution in [3.63, 3.8) is 0 Å². The number of rotatable bonds is 4. The highest BCUT2D eigenvalue weighted by molar-refractivity contribution is 5.47. The molecule has 1 aromatic carbocycles. The normalized spacial score (nSPS) is 10.2. The molecule has 17 heavy (non-hydrogen) atoms. The molecule has 1 aromatic heterocycles. The van der Waals surface area contributed by atoms with E-state index in [1.165, 1.54) is 5.56 Å². The van der Waals surface area contributed by atoms with Crippen molar-refractivity contribution in [2.75, 3.05) is 12.3 Å². The molecule has 0 aliphatic rings. The van der Waals surface area contributed by atoms with Crippen molar-refractivity contribution in [3.05, 3.63) is 53.9 Å². The number of nitrogen functional groups attached to an aromatic ring is 1. The van der Waals surface area contributed by atoms with Gasteiger partial charge in [0.05, 0.1) is 6.61 Å². The van der Waals surface area contributed by atoms with Gasteiger partial charge in [0.25, 0.3) is 0 Å². The van der Waals surface area contributed by atoms with Crippen molar-refractivity contribution in [3.8, 4) is 5.75 Å². The summed E-state index contributed by atoms with van der Waals surface area (Å²) in [6, 6.07) is 9.88. The monoisotopic (exact) mass is 228 g/mol. The minimum atomic E-state index is 0.689. The number of benzene rings is 1. The van der Waals surface area contributed by atoms with E-state index in [0.717, 1.165) is 23.4 Å². The number of hydrogen-bond acceptors (Lipinski definition) is 3. The standard InChI is InChI=1S/C14H16N2O/c1-2-17-13-5-3-11(4-6-13)9-12-10-16-8-7-14(12)15/h3-8,10H,2,9H2,1H3,(H2,15,16). The molecule has 0 spiro atoms. The second-order valence-corrected chi connectivity index (χ2v) is 3.83. The SMILES string of the molecule is CCOc1ccc(Cc2cnccc2N)cc1. The maximum atomic E-state index is 5.88. The summed E-state index contributed by atoms with van der Waals surface area (Å²) in [5.74, 6) is 0.899. The first kappa shape index (κ1) is 11.5. The Kier molecular flexibility index (Phi) is 3.60. The van der Waals surface area contributed by atoms with Crippen molar-refractivity contribution >= 4 is 5.69 Å². The molecule has 2 aromatic rings. The summed E-state index contributed by atoms with van der Waals surface area (Å²) >= 11 is 0. The Hall–Kier alpha value is -2.03. The average molecular weight is 228 g/mol. The van der Waals surface area contributed by atoms with Crippen molar-refractivity contribution in [1.29, 1.82) is 0 Å². The van der Waals surface area contributed by atoms with E-state index in [-0.39, 0.29) is 0 Å². The first-order valence-electron chi connectivity index (χ1n) is 5.69. The lowest BCUT2D eigenvalue weighted by atomic mass is 10.1. The van der Waals surface area contributed by atoms with E-state index in [4.69, 9.17) is 10.5 Å². The number of anilines is 1. The number of nitrogens with two attached hydrogens (primary N) is 1. The lowest BCUT2D eigenvalue weighted by molar-refractivity contribution is 0.340. The van der Waals surface area contributed by atoms with Gasteiger partial charge in [0.1, 0.15) is 5.75 Å². The van der Waals surface area contributed by atoms with Crippen molar-refractivity contribution in [2.24, 2.45) is 0 Å². The van der Waals surface area contributed by atoms with Gasteiger partial charge in [-0.2, -0.15) is 0 Å².